The Hall–Kier alpha value is -2.42. The van der Waals surface area contributed by atoms with Gasteiger partial charge < -0.3 is 20.2 Å². The Morgan fingerprint density at radius 3 is 2.11 bits per heavy atom. The fraction of sp³-hybridized carbons (Fsp3) is 0.793. The molecule has 0 aromatic rings. The Morgan fingerprint density at radius 1 is 0.974 bits per heavy atom. The van der Waals surface area contributed by atoms with Gasteiger partial charge in [-0.15, -0.1) is 0 Å². The lowest BCUT2D eigenvalue weighted by molar-refractivity contribution is -0.146. The van der Waals surface area contributed by atoms with E-state index in [0.717, 1.165) is 25.8 Å². The molecule has 2 heterocycles. The normalized spacial score (nSPS) is 22.9. The van der Waals surface area contributed by atoms with Gasteiger partial charge in [-0.25, -0.2) is 4.79 Å². The second kappa shape index (κ2) is 13.1. The van der Waals surface area contributed by atoms with Crippen molar-refractivity contribution < 1.29 is 24.3 Å². The molecule has 0 saturated carbocycles. The van der Waals surface area contributed by atoms with Crippen molar-refractivity contribution in [3.05, 3.63) is 11.6 Å². The maximum atomic E-state index is 13.9. The zero-order chi connectivity index (χ0) is 28.9. The fourth-order valence-electron chi connectivity index (χ4n) is 5.66. The molecule has 2 saturated heterocycles. The molecule has 2 N–H and O–H groups in total. The highest BCUT2D eigenvalue weighted by molar-refractivity contribution is 5.96. The molecule has 0 aromatic heterocycles. The number of carboxylic acid groups (broad SMARTS) is 1. The quantitative estimate of drug-likeness (QED) is 0.439. The largest absolute Gasteiger partial charge is 0.480 e. The second-order valence-electron chi connectivity index (χ2n) is 12.7. The molecule has 4 atom stereocenters. The van der Waals surface area contributed by atoms with E-state index >= 15 is 0 Å². The Balaban J connectivity index is 2.27. The van der Waals surface area contributed by atoms with Crippen molar-refractivity contribution in [1.82, 2.24) is 20.0 Å². The van der Waals surface area contributed by atoms with E-state index in [2.05, 4.69) is 24.1 Å². The summed E-state index contributed by atoms with van der Waals surface area (Å²) >= 11 is 0. The third kappa shape index (κ3) is 7.58. The number of hydrogen-bond acceptors (Lipinski definition) is 5. The van der Waals surface area contributed by atoms with Crippen molar-refractivity contribution in [2.45, 2.75) is 118 Å². The van der Waals surface area contributed by atoms with E-state index in [4.69, 9.17) is 0 Å². The van der Waals surface area contributed by atoms with Gasteiger partial charge in [-0.3, -0.25) is 19.3 Å². The van der Waals surface area contributed by atoms with Crippen LogP contribution in [-0.4, -0.2) is 93.8 Å². The highest BCUT2D eigenvalue weighted by Gasteiger charge is 2.40. The average Bonchev–Trinajstić information content (AvgIpc) is 3.33. The number of nitrogens with zero attached hydrogens (tertiary/aromatic N) is 3. The zero-order valence-corrected chi connectivity index (χ0v) is 24.9. The first-order valence-corrected chi connectivity index (χ1v) is 14.1. The molecule has 0 bridgehead atoms. The van der Waals surface area contributed by atoms with E-state index in [1.54, 1.807) is 24.9 Å². The highest BCUT2D eigenvalue weighted by atomic mass is 16.4. The highest BCUT2D eigenvalue weighted by Crippen LogP contribution is 2.26. The number of carbonyl (C=O) groups is 4. The zero-order valence-electron chi connectivity index (χ0n) is 24.9. The predicted molar refractivity (Wildman–Crippen MR) is 148 cm³/mol. The summed E-state index contributed by atoms with van der Waals surface area (Å²) in [7, 11) is 1.71. The van der Waals surface area contributed by atoms with E-state index in [9.17, 15) is 24.3 Å². The Bertz CT molecular complexity index is 907. The summed E-state index contributed by atoms with van der Waals surface area (Å²) < 4.78 is 0. The molecule has 2 aliphatic rings. The van der Waals surface area contributed by atoms with Crippen LogP contribution >= 0.6 is 0 Å². The predicted octanol–water partition coefficient (Wildman–Crippen LogP) is 3.29. The lowest BCUT2D eigenvalue weighted by Gasteiger charge is -2.41. The molecule has 9 heteroatoms. The number of nitrogens with one attached hydrogen (secondary N) is 1. The first kappa shape index (κ1) is 31.8. The molecule has 2 aliphatic heterocycles. The molecule has 0 aromatic carbocycles. The van der Waals surface area contributed by atoms with Crippen LogP contribution in [0, 0.1) is 11.3 Å². The van der Waals surface area contributed by atoms with Gasteiger partial charge >= 0.3 is 5.97 Å². The van der Waals surface area contributed by atoms with Crippen molar-refractivity contribution >= 4 is 23.7 Å². The summed E-state index contributed by atoms with van der Waals surface area (Å²) in [6, 6.07) is -1.97. The van der Waals surface area contributed by atoms with Gasteiger partial charge in [0, 0.05) is 25.2 Å². The Kier molecular flexibility index (Phi) is 11.0. The van der Waals surface area contributed by atoms with E-state index in [-0.39, 0.29) is 35.7 Å². The van der Waals surface area contributed by atoms with Gasteiger partial charge in [0.25, 0.3) is 0 Å². The van der Waals surface area contributed by atoms with Crippen LogP contribution in [0.3, 0.4) is 0 Å². The van der Waals surface area contributed by atoms with Crippen LogP contribution in [0.15, 0.2) is 11.6 Å². The smallest absolute Gasteiger partial charge is 0.326 e. The molecule has 2 fully saturated rings. The lowest BCUT2D eigenvalue weighted by Crippen LogP contribution is -2.60. The van der Waals surface area contributed by atoms with Gasteiger partial charge in [0.05, 0.1) is 12.1 Å². The van der Waals surface area contributed by atoms with Crippen LogP contribution in [0.2, 0.25) is 0 Å². The number of likely N-dealkylation sites (N-methyl/N-ethyl adjacent to an activating group) is 1. The number of rotatable bonds is 9. The third-order valence-electron chi connectivity index (χ3n) is 7.94. The summed E-state index contributed by atoms with van der Waals surface area (Å²) in [6.45, 7) is 16.9. The average molecular weight is 535 g/mol. The fourth-order valence-corrected chi connectivity index (χ4v) is 5.66. The van der Waals surface area contributed by atoms with E-state index in [1.807, 2.05) is 34.6 Å². The van der Waals surface area contributed by atoms with Gasteiger partial charge in [0.2, 0.25) is 17.7 Å². The van der Waals surface area contributed by atoms with Gasteiger partial charge in [0.1, 0.15) is 12.1 Å². The number of likely N-dealkylation sites (tertiary alicyclic amines) is 2. The molecular weight excluding hydrogens is 484 g/mol. The minimum absolute atomic E-state index is 0.00774. The molecule has 0 aliphatic carbocycles. The minimum atomic E-state index is -0.992. The SMILES string of the molecule is C/C(=C\[C@H](C(C)C)N(C)C(=O)C(NC(=O)C1CCCCN1C(C)C)C(C)(C)C)C(=O)N1CCCC1C(=O)O. The molecule has 0 radical (unpaired) electrons. The third-order valence-corrected chi connectivity index (χ3v) is 7.94. The first-order chi connectivity index (χ1) is 17.6. The van der Waals surface area contributed by atoms with Gasteiger partial charge in [-0.1, -0.05) is 47.1 Å². The van der Waals surface area contributed by atoms with Crippen molar-refractivity contribution in [2.24, 2.45) is 11.3 Å². The van der Waals surface area contributed by atoms with Crippen molar-refractivity contribution in [1.29, 1.82) is 0 Å². The number of piperidine rings is 1. The maximum absolute atomic E-state index is 13.9. The lowest BCUT2D eigenvalue weighted by atomic mass is 9.84. The van der Waals surface area contributed by atoms with Gasteiger partial charge in [-0.2, -0.15) is 0 Å². The van der Waals surface area contributed by atoms with Crippen LogP contribution in [0.4, 0.5) is 0 Å². The molecule has 38 heavy (non-hydrogen) atoms. The summed E-state index contributed by atoms with van der Waals surface area (Å²) in [5, 5.41) is 12.6. The number of carboxylic acids is 1. The van der Waals surface area contributed by atoms with Crippen molar-refractivity contribution in [2.75, 3.05) is 20.1 Å². The number of hydrogen-bond donors (Lipinski definition) is 2. The molecule has 9 nitrogen and oxygen atoms in total. The van der Waals surface area contributed by atoms with E-state index < -0.39 is 29.5 Å². The Morgan fingerprint density at radius 2 is 1.58 bits per heavy atom. The molecule has 0 spiro atoms. The standard InChI is InChI=1S/C29H50N4O5/c1-18(2)23(17-20(5)26(35)33-16-12-14-22(33)28(37)38)31(9)27(36)24(29(6,7)8)30-25(34)21-13-10-11-15-32(21)19(3)4/h17-19,21-24H,10-16H2,1-9H3,(H,30,34)(H,37,38)/b20-17+/t21?,22?,23-,24?/m1/s1. The maximum Gasteiger partial charge on any atom is 0.326 e. The van der Waals surface area contributed by atoms with Crippen LogP contribution in [0.5, 0.6) is 0 Å². The van der Waals surface area contributed by atoms with Gasteiger partial charge in [-0.05, 0) is 64.3 Å². The van der Waals surface area contributed by atoms with Crippen LogP contribution in [-0.2, 0) is 19.2 Å². The first-order valence-electron chi connectivity index (χ1n) is 14.1. The summed E-state index contributed by atoms with van der Waals surface area (Å²) in [5.41, 5.74) is -0.110. The monoisotopic (exact) mass is 534 g/mol. The van der Waals surface area contributed by atoms with Gasteiger partial charge in [0.15, 0.2) is 0 Å². The number of amides is 3. The number of aliphatic carboxylic acids is 1. The second-order valence-corrected chi connectivity index (χ2v) is 12.7. The van der Waals surface area contributed by atoms with E-state index in [0.29, 0.717) is 25.0 Å². The topological polar surface area (TPSA) is 110 Å². The minimum Gasteiger partial charge on any atom is -0.480 e. The molecule has 216 valence electrons. The summed E-state index contributed by atoms with van der Waals surface area (Å²) in [4.78, 5) is 57.4. The summed E-state index contributed by atoms with van der Waals surface area (Å²) in [6.07, 6.45) is 5.70. The molecule has 3 unspecified atom stereocenters. The van der Waals surface area contributed by atoms with Crippen LogP contribution < -0.4 is 5.32 Å². The molecule has 3 amide bonds. The van der Waals surface area contributed by atoms with Crippen molar-refractivity contribution in [3.8, 4) is 0 Å². The molecular formula is C29H50N4O5. The van der Waals surface area contributed by atoms with Crippen LogP contribution in [0.1, 0.15) is 87.5 Å². The van der Waals surface area contributed by atoms with Crippen LogP contribution in [0.25, 0.3) is 0 Å². The van der Waals surface area contributed by atoms with E-state index in [1.165, 1.54) is 4.90 Å². The van der Waals surface area contributed by atoms with Crippen molar-refractivity contribution in [3.63, 3.8) is 0 Å². The number of carbonyl (C=O) groups excluding carboxylic acids is 3. The summed E-state index contributed by atoms with van der Waals surface area (Å²) in [5.74, 6) is -1.64. The Labute approximate surface area is 229 Å². The molecule has 2 rings (SSSR count).